The van der Waals surface area contributed by atoms with Gasteiger partial charge in [-0.1, -0.05) is 0 Å². The zero-order chi connectivity index (χ0) is 13.3. The topological polar surface area (TPSA) is 99.0 Å². The lowest BCUT2D eigenvalue weighted by molar-refractivity contribution is 0.248. The van der Waals surface area contributed by atoms with E-state index < -0.39 is 17.7 Å². The summed E-state index contributed by atoms with van der Waals surface area (Å²) < 4.78 is 28.1. The first-order valence-corrected chi connectivity index (χ1v) is 5.13. The molecule has 0 aliphatic heterocycles. The largest absolute Gasteiger partial charge is 0.369 e. The van der Waals surface area contributed by atoms with Gasteiger partial charge in [0.25, 0.3) is 0 Å². The SMILES string of the molecule is NC(=O)NCCn1c(N)nc2ccc(F)c(F)c21. The van der Waals surface area contributed by atoms with Crippen molar-refractivity contribution in [2.75, 3.05) is 12.3 Å². The number of urea groups is 1. The number of aromatic nitrogens is 2. The summed E-state index contributed by atoms with van der Waals surface area (Å²) in [5, 5.41) is 2.33. The summed E-state index contributed by atoms with van der Waals surface area (Å²) in [4.78, 5) is 14.4. The molecule has 5 N–H and O–H groups in total. The summed E-state index contributed by atoms with van der Waals surface area (Å²) >= 11 is 0. The van der Waals surface area contributed by atoms with Crippen LogP contribution in [0.3, 0.4) is 0 Å². The molecule has 2 rings (SSSR count). The number of nitrogens with one attached hydrogen (secondary N) is 1. The third-order valence-electron chi connectivity index (χ3n) is 2.46. The highest BCUT2D eigenvalue weighted by molar-refractivity contribution is 5.79. The number of benzene rings is 1. The number of nitrogen functional groups attached to an aromatic ring is 1. The van der Waals surface area contributed by atoms with Gasteiger partial charge < -0.3 is 21.4 Å². The van der Waals surface area contributed by atoms with Crippen molar-refractivity contribution in [1.29, 1.82) is 0 Å². The molecule has 0 bridgehead atoms. The van der Waals surface area contributed by atoms with Crippen LogP contribution in [0.5, 0.6) is 0 Å². The number of amides is 2. The molecular weight excluding hydrogens is 244 g/mol. The summed E-state index contributed by atoms with van der Waals surface area (Å²) in [5.41, 5.74) is 10.7. The van der Waals surface area contributed by atoms with Gasteiger partial charge in [-0.15, -0.1) is 0 Å². The first-order chi connectivity index (χ1) is 8.50. The second-order valence-electron chi connectivity index (χ2n) is 3.64. The Hall–Kier alpha value is -2.38. The first-order valence-electron chi connectivity index (χ1n) is 5.13. The number of hydrogen-bond acceptors (Lipinski definition) is 3. The van der Waals surface area contributed by atoms with E-state index in [1.807, 2.05) is 0 Å². The predicted molar refractivity (Wildman–Crippen MR) is 61.6 cm³/mol. The molecule has 0 aliphatic carbocycles. The van der Waals surface area contributed by atoms with E-state index in [1.54, 1.807) is 0 Å². The quantitative estimate of drug-likeness (QED) is 0.747. The zero-order valence-electron chi connectivity index (χ0n) is 9.28. The van der Waals surface area contributed by atoms with Crippen molar-refractivity contribution in [3.8, 4) is 0 Å². The molecule has 0 fully saturated rings. The van der Waals surface area contributed by atoms with Crippen LogP contribution in [-0.2, 0) is 6.54 Å². The van der Waals surface area contributed by atoms with Crippen molar-refractivity contribution >= 4 is 23.0 Å². The third kappa shape index (κ3) is 2.04. The third-order valence-corrected chi connectivity index (χ3v) is 2.46. The van der Waals surface area contributed by atoms with Crippen molar-refractivity contribution in [2.45, 2.75) is 6.54 Å². The molecule has 0 saturated carbocycles. The van der Waals surface area contributed by atoms with Gasteiger partial charge >= 0.3 is 6.03 Å². The highest BCUT2D eigenvalue weighted by Gasteiger charge is 2.15. The Bertz CT molecular complexity index is 610. The number of nitrogens with zero attached hydrogens (tertiary/aromatic N) is 2. The molecule has 6 nitrogen and oxygen atoms in total. The molecule has 1 aromatic carbocycles. The number of hydrogen-bond donors (Lipinski definition) is 3. The zero-order valence-corrected chi connectivity index (χ0v) is 9.28. The molecule has 1 heterocycles. The molecule has 0 saturated heterocycles. The number of primary amides is 1. The van der Waals surface area contributed by atoms with Gasteiger partial charge in [0.15, 0.2) is 11.6 Å². The van der Waals surface area contributed by atoms with Crippen LogP contribution in [0.25, 0.3) is 11.0 Å². The maximum Gasteiger partial charge on any atom is 0.312 e. The molecule has 0 radical (unpaired) electrons. The Kier molecular flexibility index (Phi) is 3.00. The molecule has 8 heteroatoms. The van der Waals surface area contributed by atoms with Gasteiger partial charge in [-0.3, -0.25) is 0 Å². The van der Waals surface area contributed by atoms with E-state index in [1.165, 1.54) is 10.6 Å². The number of nitrogens with two attached hydrogens (primary N) is 2. The van der Waals surface area contributed by atoms with Crippen LogP contribution >= 0.6 is 0 Å². The average molecular weight is 255 g/mol. The van der Waals surface area contributed by atoms with Gasteiger partial charge in [0, 0.05) is 13.1 Å². The smallest absolute Gasteiger partial charge is 0.312 e. The number of carbonyl (C=O) groups excluding carboxylic acids is 1. The van der Waals surface area contributed by atoms with Crippen molar-refractivity contribution in [3.63, 3.8) is 0 Å². The fraction of sp³-hybridized carbons (Fsp3) is 0.200. The van der Waals surface area contributed by atoms with E-state index >= 15 is 0 Å². The second kappa shape index (κ2) is 4.47. The van der Waals surface area contributed by atoms with E-state index in [0.29, 0.717) is 0 Å². The number of imidazole rings is 1. The van der Waals surface area contributed by atoms with Crippen LogP contribution in [0.2, 0.25) is 0 Å². The van der Waals surface area contributed by atoms with Crippen LogP contribution in [0, 0.1) is 11.6 Å². The van der Waals surface area contributed by atoms with Gasteiger partial charge in [0.1, 0.15) is 5.52 Å². The molecule has 2 amide bonds. The van der Waals surface area contributed by atoms with Crippen LogP contribution in [0.4, 0.5) is 19.5 Å². The maximum atomic E-state index is 13.7. The van der Waals surface area contributed by atoms with E-state index in [-0.39, 0.29) is 30.1 Å². The minimum absolute atomic E-state index is 0.0289. The molecular formula is C10H11F2N5O. The minimum atomic E-state index is -1.02. The van der Waals surface area contributed by atoms with Gasteiger partial charge in [0.05, 0.1) is 5.52 Å². The van der Waals surface area contributed by atoms with Crippen molar-refractivity contribution in [3.05, 3.63) is 23.8 Å². The number of carbonyl (C=O) groups is 1. The van der Waals surface area contributed by atoms with Crippen LogP contribution in [0.1, 0.15) is 0 Å². The van der Waals surface area contributed by atoms with Gasteiger partial charge in [-0.05, 0) is 12.1 Å². The summed E-state index contributed by atoms with van der Waals surface area (Å²) in [7, 11) is 0. The van der Waals surface area contributed by atoms with Crippen LogP contribution in [0.15, 0.2) is 12.1 Å². The lowest BCUT2D eigenvalue weighted by atomic mass is 10.3. The fourth-order valence-corrected chi connectivity index (χ4v) is 1.69. The minimum Gasteiger partial charge on any atom is -0.369 e. The molecule has 0 atom stereocenters. The molecule has 18 heavy (non-hydrogen) atoms. The lowest BCUT2D eigenvalue weighted by Crippen LogP contribution is -2.32. The Labute approximate surface area is 101 Å². The second-order valence-corrected chi connectivity index (χ2v) is 3.64. The van der Waals surface area contributed by atoms with Gasteiger partial charge in [-0.25, -0.2) is 18.6 Å². The van der Waals surface area contributed by atoms with E-state index in [9.17, 15) is 13.6 Å². The average Bonchev–Trinajstić information content (AvgIpc) is 2.61. The fourth-order valence-electron chi connectivity index (χ4n) is 1.69. The normalized spacial score (nSPS) is 10.8. The highest BCUT2D eigenvalue weighted by Crippen LogP contribution is 2.22. The van der Waals surface area contributed by atoms with Crippen molar-refractivity contribution < 1.29 is 13.6 Å². The molecule has 0 unspecified atom stereocenters. The molecule has 96 valence electrons. The Morgan fingerprint density at radius 3 is 2.83 bits per heavy atom. The molecule has 2 aromatic rings. The Morgan fingerprint density at radius 1 is 1.44 bits per heavy atom. The van der Waals surface area contributed by atoms with Gasteiger partial charge in [-0.2, -0.15) is 0 Å². The predicted octanol–water partition coefficient (Wildman–Crippen LogP) is 0.565. The highest BCUT2D eigenvalue weighted by atomic mass is 19.2. The van der Waals surface area contributed by atoms with Crippen molar-refractivity contribution in [1.82, 2.24) is 14.9 Å². The van der Waals surface area contributed by atoms with E-state index in [2.05, 4.69) is 10.3 Å². The van der Waals surface area contributed by atoms with E-state index in [4.69, 9.17) is 11.5 Å². The summed E-state index contributed by atoms with van der Waals surface area (Å²) in [5.74, 6) is -1.96. The van der Waals surface area contributed by atoms with Crippen LogP contribution < -0.4 is 16.8 Å². The number of rotatable bonds is 3. The summed E-state index contributed by atoms with van der Waals surface area (Å²) in [6.45, 7) is 0.284. The molecule has 1 aromatic heterocycles. The van der Waals surface area contributed by atoms with Gasteiger partial charge in [0.2, 0.25) is 5.95 Å². The monoisotopic (exact) mass is 255 g/mol. The summed E-state index contributed by atoms with van der Waals surface area (Å²) in [6.07, 6.45) is 0. The number of halogens is 2. The van der Waals surface area contributed by atoms with Crippen LogP contribution in [-0.4, -0.2) is 22.1 Å². The Balaban J connectivity index is 2.39. The standard InChI is InChI=1S/C10H11F2N5O/c11-5-1-2-6-8(7(5)12)17(9(13)16-6)4-3-15-10(14)18/h1-2H,3-4H2,(H2,13,16)(H3,14,15,18). The Morgan fingerprint density at radius 2 is 2.17 bits per heavy atom. The maximum absolute atomic E-state index is 13.7. The summed E-state index contributed by atoms with van der Waals surface area (Å²) in [6, 6.07) is 1.61. The number of fused-ring (bicyclic) bond motifs is 1. The van der Waals surface area contributed by atoms with Crippen molar-refractivity contribution in [2.24, 2.45) is 5.73 Å². The lowest BCUT2D eigenvalue weighted by Gasteiger charge is -2.07. The first kappa shape index (κ1) is 12.1. The van der Waals surface area contributed by atoms with E-state index in [0.717, 1.165) is 6.07 Å². The molecule has 0 aliphatic rings. The number of anilines is 1. The molecule has 0 spiro atoms.